The minimum absolute atomic E-state index is 0.0241. The van der Waals surface area contributed by atoms with Crippen LogP contribution in [0, 0.1) is 10.8 Å². The van der Waals surface area contributed by atoms with Crippen LogP contribution in [0.1, 0.15) is 106 Å². The summed E-state index contributed by atoms with van der Waals surface area (Å²) in [6.45, 7) is 5.65. The summed E-state index contributed by atoms with van der Waals surface area (Å²) in [6.07, 6.45) is -1.35. The van der Waals surface area contributed by atoms with Gasteiger partial charge in [0.2, 0.25) is 0 Å². The van der Waals surface area contributed by atoms with Gasteiger partial charge in [0, 0.05) is 21.7 Å². The molecule has 1 aromatic heterocycles. The number of aromatic nitrogens is 2. The molecule has 1 heterocycles. The van der Waals surface area contributed by atoms with Gasteiger partial charge in [0.25, 0.3) is 5.91 Å². The fourth-order valence-corrected chi connectivity index (χ4v) is 6.74. The van der Waals surface area contributed by atoms with Crippen molar-refractivity contribution in [2.75, 3.05) is 6.61 Å². The predicted octanol–water partition coefficient (Wildman–Crippen LogP) is 7.31. The lowest BCUT2D eigenvalue weighted by atomic mass is 9.64. The number of rotatable bonds is 9. The minimum Gasteiger partial charge on any atom is -0.466 e. The highest BCUT2D eigenvalue weighted by Crippen LogP contribution is 2.47. The van der Waals surface area contributed by atoms with Gasteiger partial charge in [0.15, 0.2) is 5.69 Å². The summed E-state index contributed by atoms with van der Waals surface area (Å²) in [5.74, 6) is -1.27. The maximum atomic E-state index is 14.4. The Morgan fingerprint density at radius 3 is 2.29 bits per heavy atom. The van der Waals surface area contributed by atoms with Crippen LogP contribution >= 0.6 is 23.2 Å². The van der Waals surface area contributed by atoms with Gasteiger partial charge >= 0.3 is 12.1 Å². The average molecular weight is 619 g/mol. The highest BCUT2D eigenvalue weighted by Gasteiger charge is 2.46. The smallest absolute Gasteiger partial charge is 0.433 e. The summed E-state index contributed by atoms with van der Waals surface area (Å²) in [7, 11) is 0. The highest BCUT2D eigenvalue weighted by atomic mass is 35.5. The van der Waals surface area contributed by atoms with Gasteiger partial charge in [-0.1, -0.05) is 42.6 Å². The van der Waals surface area contributed by atoms with Crippen LogP contribution in [0.5, 0.6) is 0 Å². The third-order valence-corrected chi connectivity index (χ3v) is 9.57. The van der Waals surface area contributed by atoms with Gasteiger partial charge in [-0.2, -0.15) is 18.3 Å². The number of hydrogen-bond acceptors (Lipinski definition) is 5. The van der Waals surface area contributed by atoms with Gasteiger partial charge in [-0.3, -0.25) is 14.3 Å². The monoisotopic (exact) mass is 617 g/mol. The molecule has 0 bridgehead atoms. The van der Waals surface area contributed by atoms with Crippen LogP contribution < -0.4 is 5.32 Å². The first kappa shape index (κ1) is 31.6. The van der Waals surface area contributed by atoms with Gasteiger partial charge in [0.05, 0.1) is 35.9 Å². The highest BCUT2D eigenvalue weighted by molar-refractivity contribution is 6.36. The number of carbonyl (C=O) groups excluding carboxylic acids is 2. The van der Waals surface area contributed by atoms with Gasteiger partial charge < -0.3 is 15.2 Å². The van der Waals surface area contributed by atoms with Crippen molar-refractivity contribution in [2.24, 2.45) is 10.8 Å². The molecule has 2 aliphatic carbocycles. The Hall–Kier alpha value is -2.30. The van der Waals surface area contributed by atoms with Crippen LogP contribution in [-0.2, 0) is 15.7 Å². The van der Waals surface area contributed by atoms with Crippen molar-refractivity contribution < 1.29 is 32.6 Å². The Labute approximate surface area is 247 Å². The second kappa shape index (κ2) is 12.1. The van der Waals surface area contributed by atoms with Crippen molar-refractivity contribution in [3.8, 4) is 0 Å². The van der Waals surface area contributed by atoms with Gasteiger partial charge in [-0.15, -0.1) is 0 Å². The molecule has 2 atom stereocenters. The molecule has 226 valence electrons. The lowest BCUT2D eigenvalue weighted by molar-refractivity contribution is -0.157. The number of alkyl halides is 3. The van der Waals surface area contributed by atoms with Crippen molar-refractivity contribution in [3.63, 3.8) is 0 Å². The summed E-state index contributed by atoms with van der Waals surface area (Å²) in [4.78, 5) is 25.9. The fourth-order valence-electron chi connectivity index (χ4n) is 6.09. The molecule has 41 heavy (non-hydrogen) atoms. The lowest BCUT2D eigenvalue weighted by Crippen LogP contribution is -2.50. The largest absolute Gasteiger partial charge is 0.466 e. The number of carbonyl (C=O) groups is 2. The number of aliphatic hydroxyl groups excluding tert-OH is 1. The lowest BCUT2D eigenvalue weighted by Gasteiger charge is -2.46. The predicted molar refractivity (Wildman–Crippen MR) is 149 cm³/mol. The summed E-state index contributed by atoms with van der Waals surface area (Å²) >= 11 is 12.6. The van der Waals surface area contributed by atoms with Crippen molar-refractivity contribution in [1.29, 1.82) is 0 Å². The summed E-state index contributed by atoms with van der Waals surface area (Å²) in [6, 6.07) is 3.56. The Kier molecular flexibility index (Phi) is 9.36. The Morgan fingerprint density at radius 1 is 1.17 bits per heavy atom. The molecule has 1 aromatic carbocycles. The van der Waals surface area contributed by atoms with Gasteiger partial charge in [-0.25, -0.2) is 0 Å². The van der Waals surface area contributed by atoms with E-state index in [1.807, 2.05) is 6.92 Å². The molecule has 0 saturated heterocycles. The van der Waals surface area contributed by atoms with E-state index < -0.39 is 52.4 Å². The molecule has 2 unspecified atom stereocenters. The molecule has 12 heteroatoms. The van der Waals surface area contributed by atoms with Crippen LogP contribution in [0.2, 0.25) is 10.0 Å². The second-order valence-electron chi connectivity index (χ2n) is 11.8. The molecular weight excluding hydrogens is 582 g/mol. The number of ether oxygens (including phenoxy) is 1. The average Bonchev–Trinajstić information content (AvgIpc) is 3.33. The summed E-state index contributed by atoms with van der Waals surface area (Å²) in [5.41, 5.74) is -2.57. The van der Waals surface area contributed by atoms with Gasteiger partial charge in [-0.05, 0) is 76.3 Å². The second-order valence-corrected chi connectivity index (χ2v) is 12.6. The fraction of sp³-hybridized carbons (Fsp3) is 0.621. The molecular formula is C29H36Cl2F3N3O4. The van der Waals surface area contributed by atoms with E-state index in [-0.39, 0.29) is 41.9 Å². The zero-order valence-corrected chi connectivity index (χ0v) is 24.9. The molecule has 7 nitrogen and oxygen atoms in total. The molecule has 1 amide bonds. The van der Waals surface area contributed by atoms with Crippen LogP contribution in [0.25, 0.3) is 0 Å². The molecule has 2 aromatic rings. The Bertz CT molecular complexity index is 1250. The number of aliphatic hydroxyl groups is 1. The summed E-state index contributed by atoms with van der Waals surface area (Å²) < 4.78 is 49.3. The quantitative estimate of drug-likeness (QED) is 0.288. The van der Waals surface area contributed by atoms with Crippen molar-refractivity contribution in [1.82, 2.24) is 15.1 Å². The zero-order valence-electron chi connectivity index (χ0n) is 23.4. The Morgan fingerprint density at radius 2 is 1.78 bits per heavy atom. The first-order valence-electron chi connectivity index (χ1n) is 13.9. The summed E-state index contributed by atoms with van der Waals surface area (Å²) in [5, 5.41) is 18.4. The SMILES string of the molecule is CCOC(=O)C1(C)CCC(n2ncc(C(=O)NC(CC(O)c3c(Cl)cccc3Cl)C3(C)CCC3)c2C(F)(F)F)CC1. The maximum absolute atomic E-state index is 14.4. The Balaban J connectivity index is 1.57. The molecule has 4 rings (SSSR count). The number of benzene rings is 1. The van der Waals surface area contributed by atoms with Crippen molar-refractivity contribution >= 4 is 35.1 Å². The first-order chi connectivity index (χ1) is 19.2. The van der Waals surface area contributed by atoms with Crippen molar-refractivity contribution in [3.05, 3.63) is 51.3 Å². The minimum atomic E-state index is -4.84. The van der Waals surface area contributed by atoms with E-state index in [4.69, 9.17) is 27.9 Å². The van der Waals surface area contributed by atoms with Crippen LogP contribution in [0.4, 0.5) is 13.2 Å². The van der Waals surface area contributed by atoms with E-state index in [0.717, 1.165) is 30.1 Å². The first-order valence-corrected chi connectivity index (χ1v) is 14.7. The molecule has 0 spiro atoms. The van der Waals surface area contributed by atoms with E-state index >= 15 is 0 Å². The normalized spacial score (nSPS) is 23.8. The number of esters is 1. The van der Waals surface area contributed by atoms with E-state index in [1.165, 1.54) is 0 Å². The number of hydrogen-bond donors (Lipinski definition) is 2. The van der Waals surface area contributed by atoms with Gasteiger partial charge in [0.1, 0.15) is 0 Å². The van der Waals surface area contributed by atoms with Crippen LogP contribution in [0.15, 0.2) is 24.4 Å². The molecule has 0 aliphatic heterocycles. The molecule has 0 radical (unpaired) electrons. The van der Waals surface area contributed by atoms with E-state index in [2.05, 4.69) is 10.4 Å². The van der Waals surface area contributed by atoms with Crippen LogP contribution in [0.3, 0.4) is 0 Å². The number of halogens is 5. The third-order valence-electron chi connectivity index (χ3n) is 8.92. The molecule has 2 N–H and O–H groups in total. The number of nitrogens with one attached hydrogen (secondary N) is 1. The number of nitrogens with zero attached hydrogens (tertiary/aromatic N) is 2. The van der Waals surface area contributed by atoms with E-state index in [9.17, 15) is 27.9 Å². The number of amides is 1. The van der Waals surface area contributed by atoms with E-state index in [0.29, 0.717) is 18.4 Å². The zero-order chi connectivity index (χ0) is 30.2. The molecule has 2 fully saturated rings. The molecule has 2 aliphatic rings. The van der Waals surface area contributed by atoms with Crippen LogP contribution in [-0.4, -0.2) is 39.4 Å². The third kappa shape index (κ3) is 6.54. The van der Waals surface area contributed by atoms with Crippen molar-refractivity contribution in [2.45, 2.75) is 96.5 Å². The topological polar surface area (TPSA) is 93.5 Å². The molecule has 2 saturated carbocycles. The maximum Gasteiger partial charge on any atom is 0.433 e. The van der Waals surface area contributed by atoms with E-state index in [1.54, 1.807) is 32.0 Å². The standard InChI is InChI=1S/C29H36Cl2F3N3O4/c1-4-41-26(40)28(3)13-9-17(10-14-28)37-24(29(32,33)34)18(16-35-37)25(39)36-22(27(2)11-6-12-27)15-21(38)23-19(30)7-5-8-20(23)31/h5,7-8,16-17,21-22,38H,4,6,9-15H2,1-3H3,(H,36,39).